The molecule has 0 heterocycles. The Kier molecular flexibility index (Phi) is 3.61. The lowest BCUT2D eigenvalue weighted by molar-refractivity contribution is -0.277. The first-order valence-corrected chi connectivity index (χ1v) is 6.09. The highest BCUT2D eigenvalue weighted by molar-refractivity contribution is 5.42. The molecule has 0 amide bonds. The predicted molar refractivity (Wildman–Crippen MR) is 69.7 cm³/mol. The van der Waals surface area contributed by atoms with Crippen molar-refractivity contribution in [2.24, 2.45) is 5.73 Å². The van der Waals surface area contributed by atoms with E-state index in [1.165, 1.54) is 0 Å². The van der Waals surface area contributed by atoms with E-state index in [9.17, 15) is 0 Å². The average Bonchev–Trinajstić information content (AvgIpc) is 2.40. The first-order valence-electron chi connectivity index (χ1n) is 6.09. The Morgan fingerprint density at radius 2 is 1.72 bits per heavy atom. The van der Waals surface area contributed by atoms with Crippen LogP contribution in [0.25, 0.3) is 0 Å². The number of hydrogen-bond acceptors (Lipinski definition) is 4. The van der Waals surface area contributed by atoms with Gasteiger partial charge in [-0.1, -0.05) is 18.2 Å². The molecule has 1 aromatic carbocycles. The lowest BCUT2D eigenvalue weighted by atomic mass is 9.60. The normalized spacial score (nSPS) is 20.2. The van der Waals surface area contributed by atoms with E-state index in [2.05, 4.69) is 6.07 Å². The van der Waals surface area contributed by atoms with Crippen LogP contribution in [0, 0.1) is 0 Å². The summed E-state index contributed by atoms with van der Waals surface area (Å²) in [5.41, 5.74) is 7.01. The Bertz CT molecular complexity index is 407. The van der Waals surface area contributed by atoms with Crippen LogP contribution in [0.4, 0.5) is 0 Å². The van der Waals surface area contributed by atoms with Gasteiger partial charge >= 0.3 is 0 Å². The lowest BCUT2D eigenvalue weighted by Gasteiger charge is -2.54. The molecule has 0 unspecified atom stereocenters. The van der Waals surface area contributed by atoms with Crippen molar-refractivity contribution >= 4 is 0 Å². The van der Waals surface area contributed by atoms with Crippen LogP contribution in [-0.2, 0) is 14.9 Å². The van der Waals surface area contributed by atoms with E-state index in [0.29, 0.717) is 6.54 Å². The minimum atomic E-state index is -0.500. The molecule has 0 bridgehead atoms. The summed E-state index contributed by atoms with van der Waals surface area (Å²) in [7, 11) is 5.03. The molecule has 0 aromatic heterocycles. The summed E-state index contributed by atoms with van der Waals surface area (Å²) in [6.07, 6.45) is 1.51. The first kappa shape index (κ1) is 13.3. The summed E-state index contributed by atoms with van der Waals surface area (Å²) >= 11 is 0. The Morgan fingerprint density at radius 1 is 1.11 bits per heavy atom. The molecule has 0 radical (unpaired) electrons. The zero-order valence-corrected chi connectivity index (χ0v) is 11.2. The molecule has 4 heteroatoms. The van der Waals surface area contributed by atoms with Crippen molar-refractivity contribution in [3.63, 3.8) is 0 Å². The van der Waals surface area contributed by atoms with Crippen molar-refractivity contribution in [1.29, 1.82) is 0 Å². The molecule has 1 fully saturated rings. The maximum atomic E-state index is 5.99. The zero-order chi connectivity index (χ0) is 13.2. The van der Waals surface area contributed by atoms with Gasteiger partial charge in [-0.25, -0.2) is 0 Å². The molecule has 0 atom stereocenters. The van der Waals surface area contributed by atoms with Crippen LogP contribution in [0.1, 0.15) is 18.4 Å². The Labute approximate surface area is 108 Å². The van der Waals surface area contributed by atoms with E-state index in [4.69, 9.17) is 19.9 Å². The summed E-state index contributed by atoms with van der Waals surface area (Å²) in [6.45, 7) is 0.557. The van der Waals surface area contributed by atoms with Gasteiger partial charge in [0.1, 0.15) is 5.75 Å². The minimum Gasteiger partial charge on any atom is -0.496 e. The quantitative estimate of drug-likeness (QED) is 0.809. The largest absolute Gasteiger partial charge is 0.496 e. The van der Waals surface area contributed by atoms with Gasteiger partial charge in [0.2, 0.25) is 0 Å². The van der Waals surface area contributed by atoms with Crippen LogP contribution in [-0.4, -0.2) is 33.7 Å². The van der Waals surface area contributed by atoms with Gasteiger partial charge in [0.15, 0.2) is 5.79 Å². The number of methoxy groups -OCH3 is 3. The van der Waals surface area contributed by atoms with Gasteiger partial charge in [-0.15, -0.1) is 0 Å². The molecule has 0 saturated heterocycles. The number of benzene rings is 1. The molecule has 0 aliphatic heterocycles. The van der Waals surface area contributed by atoms with Gasteiger partial charge in [-0.05, 0) is 6.07 Å². The number of rotatable bonds is 5. The topological polar surface area (TPSA) is 53.7 Å². The van der Waals surface area contributed by atoms with E-state index in [-0.39, 0.29) is 5.41 Å². The molecule has 1 aliphatic rings. The van der Waals surface area contributed by atoms with Crippen LogP contribution < -0.4 is 10.5 Å². The summed E-state index contributed by atoms with van der Waals surface area (Å²) in [4.78, 5) is 0. The summed E-state index contributed by atoms with van der Waals surface area (Å²) < 4.78 is 16.3. The standard InChI is InChI=1S/C14H21NO3/c1-16-12-7-5-4-6-11(12)13(10-15)8-14(9-13,17-2)18-3/h4-7H,8-10,15H2,1-3H3. The molecule has 0 spiro atoms. The molecule has 2 rings (SSSR count). The van der Waals surface area contributed by atoms with Crippen LogP contribution in [0.3, 0.4) is 0 Å². The van der Waals surface area contributed by atoms with E-state index in [1.54, 1.807) is 21.3 Å². The van der Waals surface area contributed by atoms with E-state index in [1.807, 2.05) is 18.2 Å². The molecule has 1 saturated carbocycles. The average molecular weight is 251 g/mol. The van der Waals surface area contributed by atoms with Crippen molar-refractivity contribution in [3.05, 3.63) is 29.8 Å². The molecule has 1 aromatic rings. The predicted octanol–water partition coefficient (Wildman–Crippen LogP) is 1.67. The van der Waals surface area contributed by atoms with E-state index >= 15 is 0 Å². The molecular weight excluding hydrogens is 230 g/mol. The Hall–Kier alpha value is -1.10. The fraction of sp³-hybridized carbons (Fsp3) is 0.571. The van der Waals surface area contributed by atoms with Crippen molar-refractivity contribution in [2.45, 2.75) is 24.0 Å². The maximum Gasteiger partial charge on any atom is 0.169 e. The highest BCUT2D eigenvalue weighted by atomic mass is 16.7. The molecule has 100 valence electrons. The number of hydrogen-bond donors (Lipinski definition) is 1. The fourth-order valence-corrected chi connectivity index (χ4v) is 2.88. The lowest BCUT2D eigenvalue weighted by Crippen LogP contribution is -2.60. The van der Waals surface area contributed by atoms with Crippen molar-refractivity contribution < 1.29 is 14.2 Å². The summed E-state index contributed by atoms with van der Waals surface area (Å²) in [6, 6.07) is 8.01. The van der Waals surface area contributed by atoms with Crippen molar-refractivity contribution in [3.8, 4) is 5.75 Å². The third-order valence-electron chi connectivity index (χ3n) is 4.03. The van der Waals surface area contributed by atoms with Crippen LogP contribution in [0.15, 0.2) is 24.3 Å². The van der Waals surface area contributed by atoms with Crippen molar-refractivity contribution in [1.82, 2.24) is 0 Å². The van der Waals surface area contributed by atoms with Gasteiger partial charge in [0.05, 0.1) is 7.11 Å². The zero-order valence-electron chi connectivity index (χ0n) is 11.2. The molecule has 4 nitrogen and oxygen atoms in total. The van der Waals surface area contributed by atoms with Crippen LogP contribution >= 0.6 is 0 Å². The van der Waals surface area contributed by atoms with Crippen LogP contribution in [0.2, 0.25) is 0 Å². The third-order valence-corrected chi connectivity index (χ3v) is 4.03. The van der Waals surface area contributed by atoms with Gasteiger partial charge in [-0.3, -0.25) is 0 Å². The summed E-state index contributed by atoms with van der Waals surface area (Å²) in [5.74, 6) is 0.379. The van der Waals surface area contributed by atoms with Crippen LogP contribution in [0.5, 0.6) is 5.75 Å². The second-order valence-electron chi connectivity index (χ2n) is 4.86. The second-order valence-corrected chi connectivity index (χ2v) is 4.86. The van der Waals surface area contributed by atoms with Gasteiger partial charge in [0.25, 0.3) is 0 Å². The smallest absolute Gasteiger partial charge is 0.169 e. The second kappa shape index (κ2) is 4.88. The number of para-hydroxylation sites is 1. The SMILES string of the molecule is COc1ccccc1C1(CN)CC(OC)(OC)C1. The van der Waals surface area contributed by atoms with E-state index in [0.717, 1.165) is 24.2 Å². The van der Waals surface area contributed by atoms with Crippen molar-refractivity contribution in [2.75, 3.05) is 27.9 Å². The molecule has 18 heavy (non-hydrogen) atoms. The maximum absolute atomic E-state index is 5.99. The Morgan fingerprint density at radius 3 is 2.22 bits per heavy atom. The molecule has 1 aliphatic carbocycles. The minimum absolute atomic E-state index is 0.112. The molecular formula is C14H21NO3. The monoisotopic (exact) mass is 251 g/mol. The van der Waals surface area contributed by atoms with Gasteiger partial charge < -0.3 is 19.9 Å². The number of ether oxygens (including phenoxy) is 3. The number of nitrogens with two attached hydrogens (primary N) is 1. The summed E-state index contributed by atoms with van der Waals surface area (Å²) in [5, 5.41) is 0. The first-order chi connectivity index (χ1) is 8.65. The highest BCUT2D eigenvalue weighted by Crippen LogP contribution is 2.53. The third kappa shape index (κ3) is 1.90. The highest BCUT2D eigenvalue weighted by Gasteiger charge is 2.56. The fourth-order valence-electron chi connectivity index (χ4n) is 2.88. The van der Waals surface area contributed by atoms with E-state index < -0.39 is 5.79 Å². The Balaban J connectivity index is 2.31. The van der Waals surface area contributed by atoms with Gasteiger partial charge in [0, 0.05) is 44.6 Å². The molecule has 2 N–H and O–H groups in total. The van der Waals surface area contributed by atoms with Gasteiger partial charge in [-0.2, -0.15) is 0 Å².